The van der Waals surface area contributed by atoms with E-state index in [1.807, 2.05) is 6.92 Å². The first kappa shape index (κ1) is 23.7. The quantitative estimate of drug-likeness (QED) is 0.643. The van der Waals surface area contributed by atoms with E-state index in [0.29, 0.717) is 25.6 Å². The second-order valence-electron chi connectivity index (χ2n) is 8.86. The van der Waals surface area contributed by atoms with Gasteiger partial charge < -0.3 is 10.6 Å². The zero-order valence-electron chi connectivity index (χ0n) is 18.2. The van der Waals surface area contributed by atoms with Crippen molar-refractivity contribution in [1.82, 2.24) is 9.21 Å². The molecule has 2 fully saturated rings. The minimum atomic E-state index is -3.66. The topological polar surface area (TPSA) is 83.7 Å². The number of fused-ring (bicyclic) bond motifs is 1. The molecule has 33 heavy (non-hydrogen) atoms. The van der Waals surface area contributed by atoms with Crippen LogP contribution in [0.3, 0.4) is 0 Å². The highest BCUT2D eigenvalue weighted by molar-refractivity contribution is 7.89. The third kappa shape index (κ3) is 4.78. The van der Waals surface area contributed by atoms with Crippen LogP contribution in [0.1, 0.15) is 24.0 Å². The number of carbonyl (C=O) groups is 1. The number of likely N-dealkylation sites (tertiary alicyclic amines) is 1. The van der Waals surface area contributed by atoms with E-state index in [2.05, 4.69) is 0 Å². The Morgan fingerprint density at radius 3 is 2.45 bits per heavy atom. The summed E-state index contributed by atoms with van der Waals surface area (Å²) in [5.41, 5.74) is 6.89. The van der Waals surface area contributed by atoms with E-state index in [0.717, 1.165) is 11.6 Å². The number of nitrogens with two attached hydrogens (primary N) is 1. The average molecular weight is 482 g/mol. The van der Waals surface area contributed by atoms with Gasteiger partial charge in [0.25, 0.3) is 0 Å². The second kappa shape index (κ2) is 9.08. The lowest BCUT2D eigenvalue weighted by Gasteiger charge is -2.26. The van der Waals surface area contributed by atoms with Crippen LogP contribution in [0.15, 0.2) is 41.3 Å². The van der Waals surface area contributed by atoms with Gasteiger partial charge in [0.2, 0.25) is 15.9 Å². The standard InChI is InChI=1S/C23H26F3N3O3S/c1-14-2-4-18(5-3-14)33(31,32)28-12-15-6-7-29(22(15)13-28)23(30)10-17(27)8-16-9-20(25)21(26)11-19(16)24/h2-5,9,11,15,17,22H,6-8,10,12-13,27H2,1H3/t15-,17?,22+/m0/s1. The van der Waals surface area contributed by atoms with Crippen molar-refractivity contribution < 1.29 is 26.4 Å². The van der Waals surface area contributed by atoms with Crippen LogP contribution in [-0.2, 0) is 21.2 Å². The summed E-state index contributed by atoms with van der Waals surface area (Å²) in [5.74, 6) is -3.59. The molecule has 0 radical (unpaired) electrons. The van der Waals surface area contributed by atoms with Gasteiger partial charge in [0, 0.05) is 44.2 Å². The summed E-state index contributed by atoms with van der Waals surface area (Å²) in [4.78, 5) is 14.8. The fourth-order valence-electron chi connectivity index (χ4n) is 4.70. The summed E-state index contributed by atoms with van der Waals surface area (Å²) in [6.45, 7) is 2.93. The van der Waals surface area contributed by atoms with E-state index in [1.54, 1.807) is 29.2 Å². The Hall–Kier alpha value is -2.43. The van der Waals surface area contributed by atoms with Crippen LogP contribution in [0.2, 0.25) is 0 Å². The highest BCUT2D eigenvalue weighted by atomic mass is 32.2. The number of carbonyl (C=O) groups excluding carboxylic acids is 1. The normalized spacial score (nSPS) is 21.9. The first-order chi connectivity index (χ1) is 15.6. The first-order valence-electron chi connectivity index (χ1n) is 10.8. The molecule has 2 heterocycles. The van der Waals surface area contributed by atoms with Crippen LogP contribution in [0.5, 0.6) is 0 Å². The Morgan fingerprint density at radius 1 is 1.09 bits per heavy atom. The average Bonchev–Trinajstić information content (AvgIpc) is 3.33. The maximum Gasteiger partial charge on any atom is 0.243 e. The van der Waals surface area contributed by atoms with Crippen LogP contribution in [-0.4, -0.2) is 55.2 Å². The van der Waals surface area contributed by atoms with E-state index in [4.69, 9.17) is 5.73 Å². The van der Waals surface area contributed by atoms with Crippen LogP contribution in [0.25, 0.3) is 0 Å². The number of halogens is 3. The van der Waals surface area contributed by atoms with Crippen LogP contribution in [0.4, 0.5) is 13.2 Å². The monoisotopic (exact) mass is 481 g/mol. The summed E-state index contributed by atoms with van der Waals surface area (Å²) in [5, 5.41) is 0. The molecular weight excluding hydrogens is 455 g/mol. The molecule has 6 nitrogen and oxygen atoms in total. The van der Waals surface area contributed by atoms with E-state index < -0.39 is 33.5 Å². The molecule has 1 amide bonds. The summed E-state index contributed by atoms with van der Waals surface area (Å²) in [6, 6.07) is 6.84. The number of benzene rings is 2. The van der Waals surface area contributed by atoms with Crippen molar-refractivity contribution >= 4 is 15.9 Å². The number of hydrogen-bond acceptors (Lipinski definition) is 4. The van der Waals surface area contributed by atoms with E-state index in [1.165, 1.54) is 4.31 Å². The Morgan fingerprint density at radius 2 is 1.76 bits per heavy atom. The molecule has 2 aromatic carbocycles. The molecule has 3 atom stereocenters. The number of hydrogen-bond donors (Lipinski definition) is 1. The van der Waals surface area contributed by atoms with Gasteiger partial charge in [-0.1, -0.05) is 17.7 Å². The van der Waals surface area contributed by atoms with Crippen molar-refractivity contribution in [1.29, 1.82) is 0 Å². The largest absolute Gasteiger partial charge is 0.338 e. The lowest BCUT2D eigenvalue weighted by Crippen LogP contribution is -2.43. The van der Waals surface area contributed by atoms with Gasteiger partial charge in [-0.05, 0) is 49.4 Å². The number of aryl methyl sites for hydroxylation is 1. The van der Waals surface area contributed by atoms with E-state index >= 15 is 0 Å². The molecule has 2 saturated heterocycles. The molecule has 2 aromatic rings. The molecule has 0 spiro atoms. The van der Waals surface area contributed by atoms with Gasteiger partial charge in [-0.15, -0.1) is 0 Å². The summed E-state index contributed by atoms with van der Waals surface area (Å²) < 4.78 is 67.9. The Balaban J connectivity index is 1.40. The van der Waals surface area contributed by atoms with Gasteiger partial charge in [-0.25, -0.2) is 21.6 Å². The zero-order chi connectivity index (χ0) is 23.9. The van der Waals surface area contributed by atoms with Crippen molar-refractivity contribution in [3.63, 3.8) is 0 Å². The molecule has 1 unspecified atom stereocenters. The molecule has 2 aliphatic heterocycles. The molecule has 178 valence electrons. The van der Waals surface area contributed by atoms with Crippen LogP contribution >= 0.6 is 0 Å². The zero-order valence-corrected chi connectivity index (χ0v) is 19.0. The van der Waals surface area contributed by atoms with Crippen molar-refractivity contribution in [2.45, 2.75) is 43.2 Å². The Labute approximate surface area is 191 Å². The number of nitrogens with zero attached hydrogens (tertiary/aromatic N) is 2. The van der Waals surface area contributed by atoms with Gasteiger partial charge in [0.15, 0.2) is 11.6 Å². The van der Waals surface area contributed by atoms with E-state index in [-0.39, 0.29) is 47.7 Å². The molecule has 0 bridgehead atoms. The number of amides is 1. The molecule has 0 aliphatic carbocycles. The first-order valence-corrected chi connectivity index (χ1v) is 12.3. The molecule has 0 saturated carbocycles. The predicted octanol–water partition coefficient (Wildman–Crippen LogP) is 2.59. The third-order valence-electron chi connectivity index (χ3n) is 6.50. The van der Waals surface area contributed by atoms with Crippen molar-refractivity contribution in [3.05, 3.63) is 65.0 Å². The van der Waals surface area contributed by atoms with Gasteiger partial charge in [0.05, 0.1) is 4.90 Å². The molecule has 2 N–H and O–H groups in total. The Bertz CT molecular complexity index is 1160. The second-order valence-corrected chi connectivity index (χ2v) is 10.8. The van der Waals surface area contributed by atoms with E-state index in [9.17, 15) is 26.4 Å². The maximum atomic E-state index is 13.9. The lowest BCUT2D eigenvalue weighted by atomic mass is 10.0. The number of sulfonamides is 1. The summed E-state index contributed by atoms with van der Waals surface area (Å²) in [6.07, 6.45) is 0.459. The van der Waals surface area contributed by atoms with Crippen molar-refractivity contribution in [2.24, 2.45) is 11.7 Å². The molecular formula is C23H26F3N3O3S. The summed E-state index contributed by atoms with van der Waals surface area (Å²) in [7, 11) is -3.66. The van der Waals surface area contributed by atoms with Gasteiger partial charge >= 0.3 is 0 Å². The molecule has 0 aromatic heterocycles. The van der Waals surface area contributed by atoms with Gasteiger partial charge in [-0.2, -0.15) is 4.31 Å². The minimum absolute atomic E-state index is 0.0361. The third-order valence-corrected chi connectivity index (χ3v) is 8.35. The molecule has 10 heteroatoms. The fraction of sp³-hybridized carbons (Fsp3) is 0.435. The fourth-order valence-corrected chi connectivity index (χ4v) is 6.22. The smallest absolute Gasteiger partial charge is 0.243 e. The van der Waals surface area contributed by atoms with Crippen LogP contribution < -0.4 is 5.73 Å². The van der Waals surface area contributed by atoms with Crippen LogP contribution in [0, 0.1) is 30.3 Å². The minimum Gasteiger partial charge on any atom is -0.338 e. The van der Waals surface area contributed by atoms with Gasteiger partial charge in [-0.3, -0.25) is 4.79 Å². The Kier molecular flexibility index (Phi) is 6.52. The highest BCUT2D eigenvalue weighted by Crippen LogP contribution is 2.35. The van der Waals surface area contributed by atoms with Crippen molar-refractivity contribution in [3.8, 4) is 0 Å². The maximum absolute atomic E-state index is 13.9. The number of rotatable bonds is 6. The van der Waals surface area contributed by atoms with Crippen molar-refractivity contribution in [2.75, 3.05) is 19.6 Å². The molecule has 2 aliphatic rings. The lowest BCUT2D eigenvalue weighted by molar-refractivity contribution is -0.132. The highest BCUT2D eigenvalue weighted by Gasteiger charge is 2.46. The summed E-state index contributed by atoms with van der Waals surface area (Å²) >= 11 is 0. The molecule has 4 rings (SSSR count). The predicted molar refractivity (Wildman–Crippen MR) is 116 cm³/mol. The SMILES string of the molecule is Cc1ccc(S(=O)(=O)N2C[C@@H]3CCN(C(=O)CC(N)Cc4cc(F)c(F)cc4F)[C@@H]3C2)cc1. The van der Waals surface area contributed by atoms with Gasteiger partial charge in [0.1, 0.15) is 5.82 Å².